The van der Waals surface area contributed by atoms with Crippen LogP contribution in [0.3, 0.4) is 0 Å². The summed E-state index contributed by atoms with van der Waals surface area (Å²) in [7, 11) is 0. The molecule has 1 atom stereocenters. The van der Waals surface area contributed by atoms with Crippen molar-refractivity contribution in [2.75, 3.05) is 18.5 Å². The van der Waals surface area contributed by atoms with Crippen molar-refractivity contribution in [3.63, 3.8) is 0 Å². The van der Waals surface area contributed by atoms with E-state index in [4.69, 9.17) is 4.74 Å². The molecule has 0 radical (unpaired) electrons. The van der Waals surface area contributed by atoms with Gasteiger partial charge in [0.2, 0.25) is 5.91 Å². The Bertz CT molecular complexity index is 1130. The van der Waals surface area contributed by atoms with Crippen molar-refractivity contribution < 1.29 is 23.9 Å². The van der Waals surface area contributed by atoms with E-state index >= 15 is 0 Å². The van der Waals surface area contributed by atoms with E-state index in [1.54, 1.807) is 6.92 Å². The third-order valence-corrected chi connectivity index (χ3v) is 6.90. The number of hydrogen-bond donors (Lipinski definition) is 2. The number of amides is 4. The number of aryl methyl sites for hydroxylation is 1. The smallest absolute Gasteiger partial charge is 0.341 e. The third-order valence-electron chi connectivity index (χ3n) is 5.95. The predicted octanol–water partition coefficient (Wildman–Crippen LogP) is 3.46. The lowest BCUT2D eigenvalue weighted by Gasteiger charge is -2.22. The molecule has 1 aromatic carbocycles. The zero-order valence-electron chi connectivity index (χ0n) is 18.9. The first-order valence-corrected chi connectivity index (χ1v) is 11.9. The molecule has 1 aromatic heterocycles. The van der Waals surface area contributed by atoms with E-state index in [2.05, 4.69) is 10.6 Å². The van der Waals surface area contributed by atoms with Gasteiger partial charge in [0, 0.05) is 0 Å². The Morgan fingerprint density at radius 2 is 2.03 bits per heavy atom. The van der Waals surface area contributed by atoms with Gasteiger partial charge in [-0.15, -0.1) is 11.3 Å². The number of hydrogen-bond acceptors (Lipinski definition) is 6. The molecule has 1 saturated heterocycles. The van der Waals surface area contributed by atoms with Crippen molar-refractivity contribution in [3.8, 4) is 0 Å². The summed E-state index contributed by atoms with van der Waals surface area (Å²) in [4.78, 5) is 52.3. The number of carbonyl (C=O) groups is 4. The van der Waals surface area contributed by atoms with Gasteiger partial charge < -0.3 is 15.4 Å². The fourth-order valence-electron chi connectivity index (χ4n) is 4.55. The van der Waals surface area contributed by atoms with Crippen LogP contribution in [-0.4, -0.2) is 41.9 Å². The second-order valence-corrected chi connectivity index (χ2v) is 9.60. The minimum atomic E-state index is -1.11. The van der Waals surface area contributed by atoms with Gasteiger partial charge in [0.1, 0.15) is 17.1 Å². The average Bonchev–Trinajstić information content (AvgIpc) is 3.39. The summed E-state index contributed by atoms with van der Waals surface area (Å²) in [6.45, 7) is 5.58. The number of urea groups is 1. The maximum Gasteiger partial charge on any atom is 0.341 e. The Morgan fingerprint density at radius 3 is 2.76 bits per heavy atom. The second kappa shape index (κ2) is 8.97. The van der Waals surface area contributed by atoms with Crippen LogP contribution in [0.2, 0.25) is 0 Å². The molecule has 2 aromatic rings. The lowest BCUT2D eigenvalue weighted by Crippen LogP contribution is -2.43. The van der Waals surface area contributed by atoms with Gasteiger partial charge in [0.25, 0.3) is 5.91 Å². The highest BCUT2D eigenvalue weighted by Crippen LogP contribution is 2.41. The Morgan fingerprint density at radius 1 is 1.27 bits per heavy atom. The molecule has 2 heterocycles. The highest BCUT2D eigenvalue weighted by molar-refractivity contribution is 7.15. The first-order valence-electron chi connectivity index (χ1n) is 11.1. The van der Waals surface area contributed by atoms with Crippen LogP contribution in [0.5, 0.6) is 0 Å². The van der Waals surface area contributed by atoms with Gasteiger partial charge in [-0.2, -0.15) is 0 Å². The van der Waals surface area contributed by atoms with Crippen LogP contribution in [0.15, 0.2) is 29.6 Å². The van der Waals surface area contributed by atoms with E-state index in [1.165, 1.54) is 11.3 Å². The van der Waals surface area contributed by atoms with Crippen LogP contribution in [0.1, 0.15) is 54.2 Å². The van der Waals surface area contributed by atoms with Crippen LogP contribution >= 0.6 is 11.3 Å². The van der Waals surface area contributed by atoms with E-state index in [9.17, 15) is 19.2 Å². The first-order chi connectivity index (χ1) is 15.8. The quantitative estimate of drug-likeness (QED) is 0.477. The molecule has 8 nitrogen and oxygen atoms in total. The maximum atomic E-state index is 13.3. The molecule has 33 heavy (non-hydrogen) atoms. The van der Waals surface area contributed by atoms with Gasteiger partial charge in [0.15, 0.2) is 0 Å². The van der Waals surface area contributed by atoms with Crippen LogP contribution in [-0.2, 0) is 32.7 Å². The number of anilines is 1. The number of rotatable bonds is 7. The minimum Gasteiger partial charge on any atom is -0.462 e. The molecular formula is C24H27N3O5S. The summed E-state index contributed by atoms with van der Waals surface area (Å²) in [6.07, 6.45) is 1.81. The number of imide groups is 1. The number of carbonyl (C=O) groups excluding carboxylic acids is 4. The van der Waals surface area contributed by atoms with Crippen molar-refractivity contribution in [1.82, 2.24) is 10.2 Å². The maximum absolute atomic E-state index is 13.3. The Hall–Kier alpha value is -3.20. The van der Waals surface area contributed by atoms with Crippen LogP contribution in [0, 0.1) is 5.92 Å². The van der Waals surface area contributed by atoms with E-state index in [0.717, 1.165) is 21.6 Å². The number of esters is 1. The fraction of sp³-hybridized carbons (Fsp3) is 0.417. The van der Waals surface area contributed by atoms with Gasteiger partial charge >= 0.3 is 12.0 Å². The molecule has 1 aliphatic heterocycles. The lowest BCUT2D eigenvalue weighted by molar-refractivity contribution is -0.134. The monoisotopic (exact) mass is 469 g/mol. The standard InChI is InChI=1S/C24H27N3O5S/c1-4-32-21(29)19-16(11-14(2)3)13-33-20(19)25-18(28)12-27-22(30)24(26-23(27)31)10-9-15-7-5-6-8-17(15)24/h5-8,13-14H,4,9-12H2,1-3H3,(H,25,28)(H,26,31). The summed E-state index contributed by atoms with van der Waals surface area (Å²) < 4.78 is 5.18. The van der Waals surface area contributed by atoms with Crippen molar-refractivity contribution in [2.45, 2.75) is 45.6 Å². The molecular weight excluding hydrogens is 442 g/mol. The van der Waals surface area contributed by atoms with Crippen molar-refractivity contribution >= 4 is 40.2 Å². The molecule has 4 amide bonds. The Labute approximate surface area is 196 Å². The number of fused-ring (bicyclic) bond motifs is 2. The predicted molar refractivity (Wildman–Crippen MR) is 124 cm³/mol. The molecule has 2 aliphatic rings. The summed E-state index contributed by atoms with van der Waals surface area (Å²) in [5.74, 6) is -1.16. The molecule has 174 valence electrons. The SMILES string of the molecule is CCOC(=O)c1c(CC(C)C)csc1NC(=O)CN1C(=O)NC2(CCc3ccccc32)C1=O. The highest BCUT2D eigenvalue weighted by Gasteiger charge is 2.55. The minimum absolute atomic E-state index is 0.217. The summed E-state index contributed by atoms with van der Waals surface area (Å²) in [5.41, 5.74) is 1.83. The van der Waals surface area contributed by atoms with Crippen LogP contribution in [0.4, 0.5) is 9.80 Å². The van der Waals surface area contributed by atoms with Gasteiger partial charge in [-0.05, 0) is 54.2 Å². The molecule has 0 bridgehead atoms. The molecule has 9 heteroatoms. The van der Waals surface area contributed by atoms with Crippen molar-refractivity contribution in [3.05, 3.63) is 51.9 Å². The van der Waals surface area contributed by atoms with E-state index in [-0.39, 0.29) is 6.61 Å². The summed E-state index contributed by atoms with van der Waals surface area (Å²) in [5, 5.41) is 7.72. The number of nitrogens with zero attached hydrogens (tertiary/aromatic N) is 1. The molecule has 1 fully saturated rings. The number of thiophene rings is 1. The zero-order valence-corrected chi connectivity index (χ0v) is 19.7. The lowest BCUT2D eigenvalue weighted by atomic mass is 9.92. The number of ether oxygens (including phenoxy) is 1. The molecule has 1 unspecified atom stereocenters. The van der Waals surface area contributed by atoms with E-state index in [0.29, 0.717) is 35.7 Å². The normalized spacial score (nSPS) is 19.2. The van der Waals surface area contributed by atoms with Crippen LogP contribution < -0.4 is 10.6 Å². The molecule has 4 rings (SSSR count). The second-order valence-electron chi connectivity index (χ2n) is 8.72. The van der Waals surface area contributed by atoms with Crippen molar-refractivity contribution in [2.24, 2.45) is 5.92 Å². The molecule has 1 aliphatic carbocycles. The van der Waals surface area contributed by atoms with E-state index in [1.807, 2.05) is 43.5 Å². The van der Waals surface area contributed by atoms with Gasteiger partial charge in [-0.3, -0.25) is 14.5 Å². The summed E-state index contributed by atoms with van der Waals surface area (Å²) in [6, 6.07) is 6.94. The van der Waals surface area contributed by atoms with E-state index < -0.39 is 35.9 Å². The molecule has 1 spiro atoms. The first kappa shape index (κ1) is 23.0. The number of benzene rings is 1. The third kappa shape index (κ3) is 4.13. The Kier molecular flexibility index (Phi) is 6.25. The van der Waals surface area contributed by atoms with Gasteiger partial charge in [0.05, 0.1) is 12.2 Å². The average molecular weight is 470 g/mol. The van der Waals surface area contributed by atoms with Crippen molar-refractivity contribution in [1.29, 1.82) is 0 Å². The fourth-order valence-corrected chi connectivity index (χ4v) is 5.52. The summed E-state index contributed by atoms with van der Waals surface area (Å²) >= 11 is 1.23. The highest BCUT2D eigenvalue weighted by atomic mass is 32.1. The molecule has 0 saturated carbocycles. The largest absolute Gasteiger partial charge is 0.462 e. The van der Waals surface area contributed by atoms with Gasteiger partial charge in [-0.25, -0.2) is 9.59 Å². The zero-order chi connectivity index (χ0) is 23.8. The molecule has 2 N–H and O–H groups in total. The van der Waals surface area contributed by atoms with Crippen LogP contribution in [0.25, 0.3) is 0 Å². The Balaban J connectivity index is 1.52. The topological polar surface area (TPSA) is 105 Å². The number of nitrogens with one attached hydrogen (secondary N) is 2. The van der Waals surface area contributed by atoms with Gasteiger partial charge in [-0.1, -0.05) is 38.1 Å².